The van der Waals surface area contributed by atoms with E-state index < -0.39 is 0 Å². The van der Waals surface area contributed by atoms with Gasteiger partial charge in [0.1, 0.15) is 0 Å². The Hall–Kier alpha value is -2.07. The summed E-state index contributed by atoms with van der Waals surface area (Å²) in [5.74, 6) is -0.0235. The predicted octanol–water partition coefficient (Wildman–Crippen LogP) is 2.87. The van der Waals surface area contributed by atoms with Gasteiger partial charge < -0.3 is 10.2 Å². The number of aromatic nitrogens is 1. The van der Waals surface area contributed by atoms with Gasteiger partial charge in [-0.05, 0) is 31.2 Å². The molecule has 5 heteroatoms. The third kappa shape index (κ3) is 3.00. The van der Waals surface area contributed by atoms with Crippen LogP contribution in [0.25, 0.3) is 0 Å². The third-order valence-electron chi connectivity index (χ3n) is 3.50. The summed E-state index contributed by atoms with van der Waals surface area (Å²) in [5.41, 5.74) is 2.57. The Bertz CT molecular complexity index is 657. The Morgan fingerprint density at radius 3 is 2.90 bits per heavy atom. The number of para-hydroxylation sites is 1. The fourth-order valence-electron chi connectivity index (χ4n) is 2.56. The third-order valence-corrected chi connectivity index (χ3v) is 3.73. The van der Waals surface area contributed by atoms with E-state index in [2.05, 4.69) is 15.2 Å². The molecular formula is C16H16ClN3O. The van der Waals surface area contributed by atoms with Gasteiger partial charge >= 0.3 is 0 Å². The van der Waals surface area contributed by atoms with Crippen molar-refractivity contribution >= 4 is 23.2 Å². The number of carbonyl (C=O) groups excluding carboxylic acids is 1. The molecule has 21 heavy (non-hydrogen) atoms. The lowest BCUT2D eigenvalue weighted by Gasteiger charge is -2.25. The van der Waals surface area contributed by atoms with Gasteiger partial charge in [-0.25, -0.2) is 0 Å². The van der Waals surface area contributed by atoms with Crippen LogP contribution in [0.2, 0.25) is 5.02 Å². The van der Waals surface area contributed by atoms with Crippen LogP contribution in [0.5, 0.6) is 0 Å². The zero-order chi connectivity index (χ0) is 14.8. The van der Waals surface area contributed by atoms with Crippen LogP contribution in [0.3, 0.4) is 0 Å². The lowest BCUT2D eigenvalue weighted by molar-refractivity contribution is 0.0945. The summed E-state index contributed by atoms with van der Waals surface area (Å²) in [7, 11) is 0. The molecule has 0 saturated heterocycles. The van der Waals surface area contributed by atoms with Gasteiger partial charge in [-0.2, -0.15) is 0 Å². The minimum Gasteiger partial charge on any atom is -0.363 e. The normalized spacial score (nSPS) is 17.9. The fourth-order valence-corrected chi connectivity index (χ4v) is 2.67. The monoisotopic (exact) mass is 301 g/mol. The summed E-state index contributed by atoms with van der Waals surface area (Å²) in [6.45, 7) is 3.40. The average molecular weight is 302 g/mol. The number of hydrogen-bond acceptors (Lipinski definition) is 3. The van der Waals surface area contributed by atoms with Gasteiger partial charge in [0.15, 0.2) is 0 Å². The highest BCUT2D eigenvalue weighted by atomic mass is 35.5. The smallest absolute Gasteiger partial charge is 0.253 e. The molecule has 1 unspecified atom stereocenters. The number of hydrogen-bond donors (Lipinski definition) is 1. The number of rotatable bonds is 2. The first-order chi connectivity index (χ1) is 10.1. The lowest BCUT2D eigenvalue weighted by atomic mass is 10.1. The summed E-state index contributed by atoms with van der Waals surface area (Å²) in [4.78, 5) is 18.7. The molecule has 2 aromatic rings. The molecule has 2 heterocycles. The first-order valence-corrected chi connectivity index (χ1v) is 7.26. The Kier molecular flexibility index (Phi) is 3.80. The van der Waals surface area contributed by atoms with Crippen LogP contribution >= 0.6 is 11.6 Å². The molecule has 1 N–H and O–H groups in total. The van der Waals surface area contributed by atoms with Gasteiger partial charge in [-0.3, -0.25) is 9.78 Å². The average Bonchev–Trinajstić information content (AvgIpc) is 2.59. The highest BCUT2D eigenvalue weighted by Gasteiger charge is 2.24. The molecule has 3 rings (SSSR count). The van der Waals surface area contributed by atoms with Crippen LogP contribution in [0.15, 0.2) is 42.6 Å². The van der Waals surface area contributed by atoms with E-state index in [-0.39, 0.29) is 11.9 Å². The largest absolute Gasteiger partial charge is 0.363 e. The molecule has 1 aliphatic rings. The molecule has 0 spiro atoms. The topological polar surface area (TPSA) is 45.2 Å². The van der Waals surface area contributed by atoms with Crippen molar-refractivity contribution in [2.75, 3.05) is 11.4 Å². The first kappa shape index (κ1) is 13.9. The van der Waals surface area contributed by atoms with Crippen LogP contribution in [-0.2, 0) is 6.54 Å². The SMILES string of the molecule is CC1CN(Cc2ccc(Cl)cn2)c2ccccc2C(=O)N1. The zero-order valence-electron chi connectivity index (χ0n) is 11.7. The van der Waals surface area contributed by atoms with Crippen molar-refractivity contribution in [3.05, 3.63) is 58.9 Å². The maximum absolute atomic E-state index is 12.2. The Balaban J connectivity index is 1.94. The molecule has 0 aliphatic carbocycles. The number of pyridine rings is 1. The van der Waals surface area contributed by atoms with Crippen molar-refractivity contribution in [3.8, 4) is 0 Å². The molecule has 1 amide bonds. The summed E-state index contributed by atoms with van der Waals surface area (Å²) in [6, 6.07) is 11.5. The number of fused-ring (bicyclic) bond motifs is 1. The molecule has 108 valence electrons. The molecule has 0 bridgehead atoms. The maximum atomic E-state index is 12.2. The quantitative estimate of drug-likeness (QED) is 0.928. The van der Waals surface area contributed by atoms with Crippen molar-refractivity contribution in [2.24, 2.45) is 0 Å². The van der Waals surface area contributed by atoms with Crippen molar-refractivity contribution in [1.82, 2.24) is 10.3 Å². The highest BCUT2D eigenvalue weighted by molar-refractivity contribution is 6.30. The van der Waals surface area contributed by atoms with Gasteiger partial charge in [0.2, 0.25) is 0 Å². The van der Waals surface area contributed by atoms with Crippen molar-refractivity contribution < 1.29 is 4.79 Å². The first-order valence-electron chi connectivity index (χ1n) is 6.89. The number of carbonyl (C=O) groups is 1. The number of anilines is 1. The molecule has 0 fully saturated rings. The van der Waals surface area contributed by atoms with Gasteiger partial charge in [0.25, 0.3) is 5.91 Å². The second kappa shape index (κ2) is 5.74. The Labute approximate surface area is 128 Å². The van der Waals surface area contributed by atoms with E-state index >= 15 is 0 Å². The second-order valence-corrected chi connectivity index (χ2v) is 5.68. The molecule has 1 atom stereocenters. The standard InChI is InChI=1S/C16H16ClN3O/c1-11-9-20(10-13-7-6-12(17)8-18-13)15-5-3-2-4-14(15)16(21)19-11/h2-8,11H,9-10H2,1H3,(H,19,21). The van der Waals surface area contributed by atoms with Crippen LogP contribution in [0, 0.1) is 0 Å². The molecule has 4 nitrogen and oxygen atoms in total. The second-order valence-electron chi connectivity index (χ2n) is 5.24. The minimum absolute atomic E-state index is 0.0235. The Morgan fingerprint density at radius 2 is 2.14 bits per heavy atom. The van der Waals surface area contributed by atoms with Gasteiger partial charge in [-0.15, -0.1) is 0 Å². The van der Waals surface area contributed by atoms with Crippen molar-refractivity contribution in [2.45, 2.75) is 19.5 Å². The maximum Gasteiger partial charge on any atom is 0.253 e. The number of nitrogens with one attached hydrogen (secondary N) is 1. The van der Waals surface area contributed by atoms with E-state index in [1.165, 1.54) is 0 Å². The van der Waals surface area contributed by atoms with E-state index in [9.17, 15) is 4.79 Å². The van der Waals surface area contributed by atoms with Crippen LogP contribution in [0.1, 0.15) is 23.0 Å². The Morgan fingerprint density at radius 1 is 1.33 bits per heavy atom. The van der Waals surface area contributed by atoms with Crippen LogP contribution in [-0.4, -0.2) is 23.5 Å². The van der Waals surface area contributed by atoms with Gasteiger partial charge in [-0.1, -0.05) is 23.7 Å². The minimum atomic E-state index is -0.0235. The molecule has 0 radical (unpaired) electrons. The van der Waals surface area contributed by atoms with Crippen LogP contribution < -0.4 is 10.2 Å². The van der Waals surface area contributed by atoms with E-state index in [0.29, 0.717) is 17.1 Å². The number of halogens is 1. The zero-order valence-corrected chi connectivity index (χ0v) is 12.5. The van der Waals surface area contributed by atoms with E-state index in [4.69, 9.17) is 11.6 Å². The molecule has 0 saturated carbocycles. The summed E-state index contributed by atoms with van der Waals surface area (Å²) in [6.07, 6.45) is 1.65. The molecular weight excluding hydrogens is 286 g/mol. The van der Waals surface area contributed by atoms with E-state index in [1.807, 2.05) is 43.3 Å². The molecule has 1 aliphatic heterocycles. The van der Waals surface area contributed by atoms with Crippen molar-refractivity contribution in [3.63, 3.8) is 0 Å². The molecule has 1 aromatic carbocycles. The summed E-state index contributed by atoms with van der Waals surface area (Å²) < 4.78 is 0. The van der Waals surface area contributed by atoms with Gasteiger partial charge in [0, 0.05) is 24.5 Å². The predicted molar refractivity (Wildman–Crippen MR) is 83.7 cm³/mol. The number of nitrogens with zero attached hydrogens (tertiary/aromatic N) is 2. The van der Waals surface area contributed by atoms with Gasteiger partial charge in [0.05, 0.1) is 22.8 Å². The number of amides is 1. The van der Waals surface area contributed by atoms with Crippen molar-refractivity contribution in [1.29, 1.82) is 0 Å². The highest BCUT2D eigenvalue weighted by Crippen LogP contribution is 2.25. The number of benzene rings is 1. The van der Waals surface area contributed by atoms with E-state index in [1.54, 1.807) is 6.20 Å². The van der Waals surface area contributed by atoms with E-state index in [0.717, 1.165) is 17.9 Å². The molecule has 1 aromatic heterocycles. The fraction of sp³-hybridized carbons (Fsp3) is 0.250. The summed E-state index contributed by atoms with van der Waals surface area (Å²) in [5, 5.41) is 3.63. The lowest BCUT2D eigenvalue weighted by Crippen LogP contribution is -2.38. The summed E-state index contributed by atoms with van der Waals surface area (Å²) >= 11 is 5.87. The van der Waals surface area contributed by atoms with Crippen LogP contribution in [0.4, 0.5) is 5.69 Å².